The summed E-state index contributed by atoms with van der Waals surface area (Å²) in [6, 6.07) is 7.58. The Morgan fingerprint density at radius 1 is 1.40 bits per heavy atom. The van der Waals surface area contributed by atoms with Gasteiger partial charge in [0.15, 0.2) is 0 Å². The van der Waals surface area contributed by atoms with Gasteiger partial charge in [0.1, 0.15) is 5.75 Å². The van der Waals surface area contributed by atoms with Gasteiger partial charge in [0.25, 0.3) is 0 Å². The van der Waals surface area contributed by atoms with Crippen molar-refractivity contribution in [2.75, 3.05) is 20.3 Å². The van der Waals surface area contributed by atoms with Crippen LogP contribution in [0.4, 0.5) is 0 Å². The first kappa shape index (κ1) is 14.5. The lowest BCUT2D eigenvalue weighted by molar-refractivity contribution is 0.102. The number of benzene rings is 1. The number of ether oxygens (including phenoxy) is 2. The lowest BCUT2D eigenvalue weighted by Crippen LogP contribution is -2.24. The van der Waals surface area contributed by atoms with Crippen molar-refractivity contribution >= 4 is 0 Å². The Labute approximate surface area is 117 Å². The first-order valence-electron chi connectivity index (χ1n) is 6.55. The summed E-state index contributed by atoms with van der Waals surface area (Å²) in [6.45, 7) is 2.97. The van der Waals surface area contributed by atoms with Gasteiger partial charge in [0, 0.05) is 19.2 Å². The Morgan fingerprint density at radius 3 is 2.95 bits per heavy atom. The number of aromatic nitrogens is 2. The van der Waals surface area contributed by atoms with Crippen LogP contribution in [-0.2, 0) is 11.2 Å². The molecular weight excluding hydrogens is 258 g/mol. The monoisotopic (exact) mass is 277 g/mol. The standard InChI is InChI=1S/C14H19N3O3/c1-3-19-11-6-4-5-10(7-11)14-16-13(20-17-14)8-12(9-15)18-2/h4-7,12H,3,8-9,15H2,1-2H3. The third-order valence-corrected chi connectivity index (χ3v) is 2.87. The average molecular weight is 277 g/mol. The van der Waals surface area contributed by atoms with Crippen molar-refractivity contribution in [1.29, 1.82) is 0 Å². The molecule has 0 aliphatic carbocycles. The summed E-state index contributed by atoms with van der Waals surface area (Å²) in [5.41, 5.74) is 6.43. The fraction of sp³-hybridized carbons (Fsp3) is 0.429. The van der Waals surface area contributed by atoms with Crippen LogP contribution in [0.5, 0.6) is 5.75 Å². The minimum Gasteiger partial charge on any atom is -0.494 e. The summed E-state index contributed by atoms with van der Waals surface area (Å²) in [4.78, 5) is 4.35. The van der Waals surface area contributed by atoms with Gasteiger partial charge in [-0.2, -0.15) is 4.98 Å². The van der Waals surface area contributed by atoms with Crippen molar-refractivity contribution in [2.24, 2.45) is 5.73 Å². The molecule has 1 heterocycles. The molecule has 0 spiro atoms. The van der Waals surface area contributed by atoms with E-state index in [0.717, 1.165) is 11.3 Å². The average Bonchev–Trinajstić information content (AvgIpc) is 2.94. The third kappa shape index (κ3) is 3.55. The Balaban J connectivity index is 2.13. The predicted molar refractivity (Wildman–Crippen MR) is 74.5 cm³/mol. The Kier molecular flexibility index (Phi) is 5.09. The fourth-order valence-corrected chi connectivity index (χ4v) is 1.80. The molecule has 2 N–H and O–H groups in total. The van der Waals surface area contributed by atoms with Crippen LogP contribution in [0.3, 0.4) is 0 Å². The summed E-state index contributed by atoms with van der Waals surface area (Å²) in [5, 5.41) is 3.97. The molecule has 1 aromatic carbocycles. The molecule has 1 aromatic heterocycles. The van der Waals surface area contributed by atoms with Crippen molar-refractivity contribution in [3.05, 3.63) is 30.2 Å². The molecule has 0 aliphatic heterocycles. The van der Waals surface area contributed by atoms with Crippen LogP contribution < -0.4 is 10.5 Å². The smallest absolute Gasteiger partial charge is 0.229 e. The van der Waals surface area contributed by atoms with Crippen molar-refractivity contribution < 1.29 is 14.0 Å². The molecule has 6 heteroatoms. The van der Waals surface area contributed by atoms with E-state index < -0.39 is 0 Å². The largest absolute Gasteiger partial charge is 0.494 e. The van der Waals surface area contributed by atoms with Crippen LogP contribution >= 0.6 is 0 Å². The molecule has 108 valence electrons. The molecule has 0 bridgehead atoms. The second-order valence-corrected chi connectivity index (χ2v) is 4.27. The molecule has 0 saturated carbocycles. The molecule has 6 nitrogen and oxygen atoms in total. The maximum atomic E-state index is 5.57. The third-order valence-electron chi connectivity index (χ3n) is 2.87. The van der Waals surface area contributed by atoms with E-state index in [-0.39, 0.29) is 6.10 Å². The second-order valence-electron chi connectivity index (χ2n) is 4.27. The number of hydrogen-bond acceptors (Lipinski definition) is 6. The van der Waals surface area contributed by atoms with Crippen LogP contribution in [0.1, 0.15) is 12.8 Å². The fourth-order valence-electron chi connectivity index (χ4n) is 1.80. The van der Waals surface area contributed by atoms with Gasteiger partial charge in [-0.05, 0) is 19.1 Å². The molecule has 0 amide bonds. The molecular formula is C14H19N3O3. The number of nitrogens with two attached hydrogens (primary N) is 1. The summed E-state index contributed by atoms with van der Waals surface area (Å²) >= 11 is 0. The van der Waals surface area contributed by atoms with Gasteiger partial charge >= 0.3 is 0 Å². The van der Waals surface area contributed by atoms with Crippen molar-refractivity contribution in [3.63, 3.8) is 0 Å². The van der Waals surface area contributed by atoms with Gasteiger partial charge in [0.05, 0.1) is 19.1 Å². The Hall–Kier alpha value is -1.92. The normalized spacial score (nSPS) is 12.3. The van der Waals surface area contributed by atoms with Crippen LogP contribution in [0.15, 0.2) is 28.8 Å². The molecule has 0 fully saturated rings. The molecule has 0 saturated heterocycles. The molecule has 2 aromatic rings. The van der Waals surface area contributed by atoms with Gasteiger partial charge in [-0.25, -0.2) is 0 Å². The summed E-state index contributed by atoms with van der Waals surface area (Å²) in [5.74, 6) is 1.83. The lowest BCUT2D eigenvalue weighted by Gasteiger charge is -2.08. The van der Waals surface area contributed by atoms with Crippen molar-refractivity contribution in [2.45, 2.75) is 19.4 Å². The van der Waals surface area contributed by atoms with Gasteiger partial charge in [-0.15, -0.1) is 0 Å². The highest BCUT2D eigenvalue weighted by Crippen LogP contribution is 2.21. The predicted octanol–water partition coefficient (Wildman–Crippen LogP) is 1.65. The first-order chi connectivity index (χ1) is 9.76. The van der Waals surface area contributed by atoms with E-state index in [1.807, 2.05) is 31.2 Å². The second kappa shape index (κ2) is 7.02. The quantitative estimate of drug-likeness (QED) is 0.828. The minimum absolute atomic E-state index is 0.113. The van der Waals surface area contributed by atoms with Crippen LogP contribution in [0, 0.1) is 0 Å². The summed E-state index contributed by atoms with van der Waals surface area (Å²) in [6.07, 6.45) is 0.392. The molecule has 2 rings (SSSR count). The maximum absolute atomic E-state index is 5.57. The zero-order chi connectivity index (χ0) is 14.4. The topological polar surface area (TPSA) is 83.4 Å². The van der Waals surface area contributed by atoms with E-state index in [9.17, 15) is 0 Å². The molecule has 1 unspecified atom stereocenters. The number of methoxy groups -OCH3 is 1. The number of hydrogen-bond donors (Lipinski definition) is 1. The van der Waals surface area contributed by atoms with E-state index >= 15 is 0 Å². The van der Waals surface area contributed by atoms with Crippen molar-refractivity contribution in [1.82, 2.24) is 10.1 Å². The molecule has 1 atom stereocenters. The number of rotatable bonds is 7. The highest BCUT2D eigenvalue weighted by Gasteiger charge is 2.14. The molecule has 20 heavy (non-hydrogen) atoms. The lowest BCUT2D eigenvalue weighted by atomic mass is 10.2. The van der Waals surface area contributed by atoms with Crippen LogP contribution in [0.25, 0.3) is 11.4 Å². The highest BCUT2D eigenvalue weighted by atomic mass is 16.5. The van der Waals surface area contributed by atoms with Crippen LogP contribution in [0.2, 0.25) is 0 Å². The van der Waals surface area contributed by atoms with E-state index in [1.54, 1.807) is 7.11 Å². The van der Waals surface area contributed by atoms with Crippen LogP contribution in [-0.4, -0.2) is 36.5 Å². The zero-order valence-corrected chi connectivity index (χ0v) is 11.7. The SMILES string of the molecule is CCOc1cccc(-c2noc(CC(CN)OC)n2)c1. The van der Waals surface area contributed by atoms with E-state index in [4.69, 9.17) is 19.7 Å². The molecule has 0 radical (unpaired) electrons. The highest BCUT2D eigenvalue weighted by molar-refractivity contribution is 5.56. The Morgan fingerprint density at radius 2 is 2.25 bits per heavy atom. The van der Waals surface area contributed by atoms with E-state index in [0.29, 0.717) is 31.3 Å². The van der Waals surface area contributed by atoms with Gasteiger partial charge < -0.3 is 19.7 Å². The molecule has 0 aliphatic rings. The van der Waals surface area contributed by atoms with Gasteiger partial charge in [-0.3, -0.25) is 0 Å². The summed E-state index contributed by atoms with van der Waals surface area (Å²) in [7, 11) is 1.61. The van der Waals surface area contributed by atoms with E-state index in [1.165, 1.54) is 0 Å². The zero-order valence-electron chi connectivity index (χ0n) is 11.7. The van der Waals surface area contributed by atoms with Gasteiger partial charge in [0.2, 0.25) is 11.7 Å². The first-order valence-corrected chi connectivity index (χ1v) is 6.55. The van der Waals surface area contributed by atoms with E-state index in [2.05, 4.69) is 10.1 Å². The van der Waals surface area contributed by atoms with Crippen molar-refractivity contribution in [3.8, 4) is 17.1 Å². The maximum Gasteiger partial charge on any atom is 0.229 e. The summed E-state index contributed by atoms with van der Waals surface area (Å²) < 4.78 is 15.9. The number of nitrogens with zero attached hydrogens (tertiary/aromatic N) is 2. The Bertz CT molecular complexity index is 538. The minimum atomic E-state index is -0.113. The van der Waals surface area contributed by atoms with Gasteiger partial charge in [-0.1, -0.05) is 17.3 Å².